The number of amides is 2. The molecule has 2 aromatic rings. The number of aryl methyl sites for hydroxylation is 1. The molecule has 1 fully saturated rings. The lowest BCUT2D eigenvalue weighted by Gasteiger charge is -2.12. The molecule has 0 radical (unpaired) electrons. The number of rotatable bonds is 3. The smallest absolute Gasteiger partial charge is 0.293 e. The van der Waals surface area contributed by atoms with Crippen LogP contribution in [-0.2, 0) is 11.3 Å². The van der Waals surface area contributed by atoms with E-state index < -0.39 is 0 Å². The third-order valence-corrected chi connectivity index (χ3v) is 5.15. The first kappa shape index (κ1) is 16.8. The number of thioether (sulfide) groups is 1. The second kappa shape index (κ2) is 6.83. The van der Waals surface area contributed by atoms with Gasteiger partial charge in [-0.3, -0.25) is 14.5 Å². The summed E-state index contributed by atoms with van der Waals surface area (Å²) in [4.78, 5) is 26.3. The van der Waals surface area contributed by atoms with Crippen LogP contribution >= 0.6 is 27.7 Å². The van der Waals surface area contributed by atoms with E-state index in [9.17, 15) is 14.7 Å². The number of phenolic OH excluding ortho intramolecular Hbond substituents is 1. The highest BCUT2D eigenvalue weighted by Gasteiger charge is 2.34. The number of hydrogen-bond donors (Lipinski definition) is 1. The van der Waals surface area contributed by atoms with Crippen LogP contribution in [0.4, 0.5) is 4.79 Å². The van der Waals surface area contributed by atoms with Gasteiger partial charge in [0.2, 0.25) is 0 Å². The Morgan fingerprint density at radius 3 is 2.54 bits per heavy atom. The van der Waals surface area contributed by atoms with Gasteiger partial charge in [-0.1, -0.05) is 35.9 Å². The summed E-state index contributed by atoms with van der Waals surface area (Å²) in [6.45, 7) is 2.25. The van der Waals surface area contributed by atoms with Crippen molar-refractivity contribution in [1.29, 1.82) is 0 Å². The molecule has 122 valence electrons. The van der Waals surface area contributed by atoms with Gasteiger partial charge in [-0.15, -0.1) is 0 Å². The van der Waals surface area contributed by atoms with Crippen LogP contribution in [0.2, 0.25) is 0 Å². The van der Waals surface area contributed by atoms with Crippen LogP contribution < -0.4 is 0 Å². The van der Waals surface area contributed by atoms with Gasteiger partial charge in [-0.05, 0) is 64.0 Å². The van der Waals surface area contributed by atoms with E-state index in [1.54, 1.807) is 18.2 Å². The van der Waals surface area contributed by atoms with Gasteiger partial charge in [0.1, 0.15) is 5.75 Å². The molecule has 2 aromatic carbocycles. The maximum atomic E-state index is 12.5. The summed E-state index contributed by atoms with van der Waals surface area (Å²) in [6, 6.07) is 12.7. The molecule has 1 aliphatic rings. The second-order valence-electron chi connectivity index (χ2n) is 5.46. The molecule has 6 heteroatoms. The van der Waals surface area contributed by atoms with Crippen LogP contribution in [0.1, 0.15) is 16.7 Å². The SMILES string of the molecule is Cc1ccc(CN2C(=O)S/C(=C\c3ccc(O)c(Br)c3)C2=O)cc1. The Labute approximate surface area is 152 Å². The van der Waals surface area contributed by atoms with Gasteiger partial charge < -0.3 is 5.11 Å². The van der Waals surface area contributed by atoms with Crippen LogP contribution in [0.5, 0.6) is 5.75 Å². The van der Waals surface area contributed by atoms with Gasteiger partial charge in [-0.2, -0.15) is 0 Å². The van der Waals surface area contributed by atoms with E-state index in [0.717, 1.165) is 28.5 Å². The lowest BCUT2D eigenvalue weighted by Crippen LogP contribution is -2.27. The predicted octanol–water partition coefficient (Wildman–Crippen LogP) is 4.70. The fourth-order valence-corrected chi connectivity index (χ4v) is 3.51. The average Bonchev–Trinajstić information content (AvgIpc) is 2.80. The summed E-state index contributed by atoms with van der Waals surface area (Å²) in [5.41, 5.74) is 2.78. The molecule has 0 unspecified atom stereocenters. The summed E-state index contributed by atoms with van der Waals surface area (Å²) in [7, 11) is 0. The maximum Gasteiger partial charge on any atom is 0.293 e. The lowest BCUT2D eigenvalue weighted by atomic mass is 10.1. The van der Waals surface area contributed by atoms with Gasteiger partial charge in [-0.25, -0.2) is 0 Å². The molecule has 0 aliphatic carbocycles. The van der Waals surface area contributed by atoms with Crippen molar-refractivity contribution in [2.45, 2.75) is 13.5 Å². The summed E-state index contributed by atoms with van der Waals surface area (Å²) < 4.78 is 0.537. The highest BCUT2D eigenvalue weighted by atomic mass is 79.9. The van der Waals surface area contributed by atoms with Crippen molar-refractivity contribution in [3.05, 3.63) is 68.5 Å². The van der Waals surface area contributed by atoms with Gasteiger partial charge in [0.15, 0.2) is 0 Å². The van der Waals surface area contributed by atoms with Gasteiger partial charge in [0, 0.05) is 0 Å². The molecule has 24 heavy (non-hydrogen) atoms. The number of hydrogen-bond acceptors (Lipinski definition) is 4. The first-order valence-electron chi connectivity index (χ1n) is 7.23. The van der Waals surface area contributed by atoms with E-state index in [1.165, 1.54) is 11.0 Å². The number of benzene rings is 2. The molecular formula is C18H14BrNO3S. The Hall–Kier alpha value is -2.05. The van der Waals surface area contributed by atoms with E-state index in [4.69, 9.17) is 0 Å². The molecule has 2 amide bonds. The van der Waals surface area contributed by atoms with Gasteiger partial charge in [0.25, 0.3) is 11.1 Å². The normalized spacial score (nSPS) is 16.2. The van der Waals surface area contributed by atoms with Crippen molar-refractivity contribution >= 4 is 44.9 Å². The first-order valence-corrected chi connectivity index (χ1v) is 8.84. The molecule has 0 atom stereocenters. The molecule has 1 N–H and O–H groups in total. The Balaban J connectivity index is 1.81. The number of aromatic hydroxyl groups is 1. The third kappa shape index (κ3) is 3.55. The molecule has 0 saturated carbocycles. The van der Waals surface area contributed by atoms with Crippen molar-refractivity contribution in [1.82, 2.24) is 4.90 Å². The quantitative estimate of drug-likeness (QED) is 0.754. The van der Waals surface area contributed by atoms with Gasteiger partial charge >= 0.3 is 0 Å². The topological polar surface area (TPSA) is 57.6 Å². The predicted molar refractivity (Wildman–Crippen MR) is 98.5 cm³/mol. The van der Waals surface area contributed by atoms with Crippen LogP contribution in [-0.4, -0.2) is 21.2 Å². The second-order valence-corrected chi connectivity index (χ2v) is 7.31. The zero-order valence-electron chi connectivity index (χ0n) is 12.8. The summed E-state index contributed by atoms with van der Waals surface area (Å²) >= 11 is 4.17. The minimum atomic E-state index is -0.297. The zero-order valence-corrected chi connectivity index (χ0v) is 15.2. The fraction of sp³-hybridized carbons (Fsp3) is 0.111. The number of halogens is 1. The number of carbonyl (C=O) groups is 2. The average molecular weight is 404 g/mol. The monoisotopic (exact) mass is 403 g/mol. The number of phenols is 1. The van der Waals surface area contributed by atoms with E-state index in [1.807, 2.05) is 31.2 Å². The molecule has 1 heterocycles. The number of carbonyl (C=O) groups excluding carboxylic acids is 2. The molecule has 0 aromatic heterocycles. The molecule has 4 nitrogen and oxygen atoms in total. The number of imide groups is 1. The molecule has 1 aliphatic heterocycles. The zero-order chi connectivity index (χ0) is 17.3. The highest BCUT2D eigenvalue weighted by Crippen LogP contribution is 2.34. The van der Waals surface area contributed by atoms with E-state index in [2.05, 4.69) is 15.9 Å². The summed E-state index contributed by atoms with van der Waals surface area (Å²) in [5, 5.41) is 9.25. The summed E-state index contributed by atoms with van der Waals surface area (Å²) in [6.07, 6.45) is 1.66. The van der Waals surface area contributed by atoms with Crippen LogP contribution in [0, 0.1) is 6.92 Å². The minimum Gasteiger partial charge on any atom is -0.507 e. The Kier molecular flexibility index (Phi) is 4.78. The van der Waals surface area contributed by atoms with Crippen molar-refractivity contribution in [2.24, 2.45) is 0 Å². The lowest BCUT2D eigenvalue weighted by molar-refractivity contribution is -0.123. The van der Waals surface area contributed by atoms with E-state index in [-0.39, 0.29) is 23.4 Å². The van der Waals surface area contributed by atoms with Crippen LogP contribution in [0.15, 0.2) is 51.8 Å². The third-order valence-electron chi connectivity index (χ3n) is 3.60. The Morgan fingerprint density at radius 1 is 1.17 bits per heavy atom. The molecule has 0 spiro atoms. The van der Waals surface area contributed by atoms with Crippen LogP contribution in [0.25, 0.3) is 6.08 Å². The Morgan fingerprint density at radius 2 is 1.88 bits per heavy atom. The minimum absolute atomic E-state index is 0.125. The molecule has 1 saturated heterocycles. The van der Waals surface area contributed by atoms with E-state index >= 15 is 0 Å². The molecule has 0 bridgehead atoms. The maximum absolute atomic E-state index is 12.5. The first-order chi connectivity index (χ1) is 11.4. The largest absolute Gasteiger partial charge is 0.507 e. The van der Waals surface area contributed by atoms with Crippen molar-refractivity contribution in [2.75, 3.05) is 0 Å². The Bertz CT molecular complexity index is 846. The number of nitrogens with zero attached hydrogens (tertiary/aromatic N) is 1. The van der Waals surface area contributed by atoms with Crippen LogP contribution in [0.3, 0.4) is 0 Å². The standard InChI is InChI=1S/C18H14BrNO3S/c1-11-2-4-12(5-3-11)10-20-17(22)16(24-18(20)23)9-13-6-7-15(21)14(19)8-13/h2-9,21H,10H2,1H3/b16-9-. The highest BCUT2D eigenvalue weighted by molar-refractivity contribution is 9.10. The molecular weight excluding hydrogens is 390 g/mol. The fourth-order valence-electron chi connectivity index (χ4n) is 2.28. The van der Waals surface area contributed by atoms with Crippen molar-refractivity contribution < 1.29 is 14.7 Å². The van der Waals surface area contributed by atoms with Gasteiger partial charge in [0.05, 0.1) is 15.9 Å². The molecule has 3 rings (SSSR count). The van der Waals surface area contributed by atoms with Crippen molar-refractivity contribution in [3.8, 4) is 5.75 Å². The summed E-state index contributed by atoms with van der Waals surface area (Å²) in [5.74, 6) is -0.172. The van der Waals surface area contributed by atoms with E-state index in [0.29, 0.717) is 9.38 Å². The van der Waals surface area contributed by atoms with Crippen molar-refractivity contribution in [3.63, 3.8) is 0 Å².